The Hall–Kier alpha value is -0.810. The molecule has 1 saturated heterocycles. The first-order valence-corrected chi connectivity index (χ1v) is 6.00. The fourth-order valence-electron chi connectivity index (χ4n) is 1.81. The molecule has 3 N–H and O–H groups in total. The lowest BCUT2D eigenvalue weighted by molar-refractivity contribution is 0.121. The van der Waals surface area contributed by atoms with Gasteiger partial charge in [-0.05, 0) is 35.3 Å². The largest absolute Gasteiger partial charge is 0.397 e. The molecule has 1 aromatic rings. The highest BCUT2D eigenvalue weighted by Crippen LogP contribution is 2.29. The van der Waals surface area contributed by atoms with Crippen LogP contribution in [0.2, 0.25) is 0 Å². The van der Waals surface area contributed by atoms with Gasteiger partial charge < -0.3 is 15.8 Å². The van der Waals surface area contributed by atoms with E-state index in [4.69, 9.17) is 10.5 Å². The molecule has 2 atom stereocenters. The van der Waals surface area contributed by atoms with Crippen molar-refractivity contribution in [2.45, 2.75) is 25.5 Å². The Labute approximate surface area is 102 Å². The molecular formula is C11H14BrFN2O. The van der Waals surface area contributed by atoms with Crippen LogP contribution in [-0.2, 0) is 4.74 Å². The molecule has 2 unspecified atom stereocenters. The molecule has 1 aliphatic rings. The predicted molar refractivity (Wildman–Crippen MR) is 66.0 cm³/mol. The molecule has 0 saturated carbocycles. The molecule has 0 bridgehead atoms. The number of nitrogen functional groups attached to an aromatic ring is 1. The Balaban J connectivity index is 2.18. The molecule has 1 fully saturated rings. The maximum absolute atomic E-state index is 13.2. The summed E-state index contributed by atoms with van der Waals surface area (Å²) in [5, 5.41) is 3.28. The summed E-state index contributed by atoms with van der Waals surface area (Å²) >= 11 is 3.14. The second-order valence-corrected chi connectivity index (χ2v) is 4.82. The summed E-state index contributed by atoms with van der Waals surface area (Å²) in [6, 6.07) is 3.21. The number of nitrogens with two attached hydrogens (primary N) is 1. The van der Waals surface area contributed by atoms with Gasteiger partial charge in [-0.1, -0.05) is 0 Å². The van der Waals surface area contributed by atoms with E-state index in [9.17, 15) is 4.39 Å². The Kier molecular flexibility index (Phi) is 3.35. The summed E-state index contributed by atoms with van der Waals surface area (Å²) in [5.41, 5.74) is 6.91. The Morgan fingerprint density at radius 1 is 1.56 bits per heavy atom. The van der Waals surface area contributed by atoms with Gasteiger partial charge in [0, 0.05) is 12.7 Å². The third kappa shape index (κ3) is 2.30. The van der Waals surface area contributed by atoms with Crippen LogP contribution < -0.4 is 11.1 Å². The van der Waals surface area contributed by atoms with Crippen molar-refractivity contribution < 1.29 is 9.13 Å². The number of rotatable bonds is 2. The lowest BCUT2D eigenvalue weighted by Gasteiger charge is -2.19. The van der Waals surface area contributed by atoms with Crippen LogP contribution in [-0.4, -0.2) is 18.8 Å². The third-order valence-electron chi connectivity index (χ3n) is 2.81. The van der Waals surface area contributed by atoms with Crippen molar-refractivity contribution >= 4 is 27.3 Å². The van der Waals surface area contributed by atoms with Gasteiger partial charge in [0.15, 0.2) is 0 Å². The zero-order valence-electron chi connectivity index (χ0n) is 8.97. The fraction of sp³-hybridized carbons (Fsp3) is 0.455. The molecular weight excluding hydrogens is 275 g/mol. The second-order valence-electron chi connectivity index (χ2n) is 3.97. The van der Waals surface area contributed by atoms with E-state index in [0.717, 1.165) is 18.7 Å². The highest BCUT2D eigenvalue weighted by molar-refractivity contribution is 9.10. The Bertz CT molecular complexity index is 400. The topological polar surface area (TPSA) is 47.3 Å². The molecule has 3 nitrogen and oxygen atoms in total. The molecule has 88 valence electrons. The quantitative estimate of drug-likeness (QED) is 0.823. The van der Waals surface area contributed by atoms with Crippen molar-refractivity contribution in [3.05, 3.63) is 22.4 Å². The van der Waals surface area contributed by atoms with E-state index >= 15 is 0 Å². The minimum atomic E-state index is -0.348. The van der Waals surface area contributed by atoms with Gasteiger partial charge in [-0.2, -0.15) is 0 Å². The maximum Gasteiger partial charge on any atom is 0.139 e. The average Bonchev–Trinajstić information content (AvgIpc) is 2.61. The highest BCUT2D eigenvalue weighted by Gasteiger charge is 2.24. The third-order valence-corrected chi connectivity index (χ3v) is 3.42. The van der Waals surface area contributed by atoms with E-state index in [1.165, 1.54) is 6.07 Å². The normalized spacial score (nSPS) is 24.7. The summed E-state index contributed by atoms with van der Waals surface area (Å²) in [7, 11) is 0. The van der Waals surface area contributed by atoms with E-state index < -0.39 is 0 Å². The minimum Gasteiger partial charge on any atom is -0.397 e. The number of halogens is 2. The van der Waals surface area contributed by atoms with Gasteiger partial charge in [-0.15, -0.1) is 0 Å². The lowest BCUT2D eigenvalue weighted by Crippen LogP contribution is -2.27. The summed E-state index contributed by atoms with van der Waals surface area (Å²) < 4.78 is 19.0. The number of anilines is 2. The van der Waals surface area contributed by atoms with Gasteiger partial charge >= 0.3 is 0 Å². The summed E-state index contributed by atoms with van der Waals surface area (Å²) in [4.78, 5) is 0. The van der Waals surface area contributed by atoms with Crippen LogP contribution >= 0.6 is 15.9 Å². The summed E-state index contributed by atoms with van der Waals surface area (Å²) in [6.07, 6.45) is 1.10. The van der Waals surface area contributed by atoms with Crippen LogP contribution in [0.15, 0.2) is 16.6 Å². The number of hydrogen-bond acceptors (Lipinski definition) is 3. The van der Waals surface area contributed by atoms with Gasteiger partial charge in [-0.25, -0.2) is 4.39 Å². The summed E-state index contributed by atoms with van der Waals surface area (Å²) in [6.45, 7) is 2.76. The van der Waals surface area contributed by atoms with Gasteiger partial charge in [0.25, 0.3) is 0 Å². The Morgan fingerprint density at radius 3 is 2.94 bits per heavy atom. The van der Waals surface area contributed by atoms with Crippen LogP contribution in [0.3, 0.4) is 0 Å². The minimum absolute atomic E-state index is 0.156. The molecule has 0 aromatic heterocycles. The number of benzene rings is 1. The molecule has 0 amide bonds. The van der Waals surface area contributed by atoms with Crippen molar-refractivity contribution in [3.63, 3.8) is 0 Å². The molecule has 1 aliphatic heterocycles. The van der Waals surface area contributed by atoms with Crippen molar-refractivity contribution in [2.24, 2.45) is 0 Å². The predicted octanol–water partition coefficient (Wildman–Crippen LogP) is 2.76. The molecule has 0 radical (unpaired) electrons. The van der Waals surface area contributed by atoms with Crippen LogP contribution in [0.5, 0.6) is 0 Å². The van der Waals surface area contributed by atoms with Crippen molar-refractivity contribution in [3.8, 4) is 0 Å². The van der Waals surface area contributed by atoms with Crippen LogP contribution in [0.25, 0.3) is 0 Å². The van der Waals surface area contributed by atoms with Crippen molar-refractivity contribution in [1.29, 1.82) is 0 Å². The number of hydrogen-bond donors (Lipinski definition) is 2. The lowest BCUT2D eigenvalue weighted by atomic mass is 10.1. The van der Waals surface area contributed by atoms with Crippen LogP contribution in [0.1, 0.15) is 13.3 Å². The zero-order valence-corrected chi connectivity index (χ0v) is 10.6. The Morgan fingerprint density at radius 2 is 2.31 bits per heavy atom. The van der Waals surface area contributed by atoms with E-state index in [1.54, 1.807) is 6.07 Å². The molecule has 0 aliphatic carbocycles. The molecule has 16 heavy (non-hydrogen) atoms. The van der Waals surface area contributed by atoms with E-state index in [-0.39, 0.29) is 18.0 Å². The molecule has 0 spiro atoms. The standard InChI is InChI=1S/C11H14BrFN2O/c1-6-10(2-3-16-6)15-11-4-7(12)8(13)5-9(11)14/h4-6,10,15H,2-3,14H2,1H3. The summed E-state index contributed by atoms with van der Waals surface area (Å²) in [5.74, 6) is -0.348. The van der Waals surface area contributed by atoms with Gasteiger partial charge in [0.2, 0.25) is 0 Å². The van der Waals surface area contributed by atoms with Crippen molar-refractivity contribution in [1.82, 2.24) is 0 Å². The number of nitrogens with one attached hydrogen (secondary N) is 1. The van der Waals surface area contributed by atoms with E-state index in [0.29, 0.717) is 10.2 Å². The van der Waals surface area contributed by atoms with Gasteiger partial charge in [-0.3, -0.25) is 0 Å². The van der Waals surface area contributed by atoms with Gasteiger partial charge in [0.1, 0.15) is 5.82 Å². The van der Waals surface area contributed by atoms with Crippen LogP contribution in [0.4, 0.5) is 15.8 Å². The first kappa shape index (κ1) is 11.7. The number of ether oxygens (including phenoxy) is 1. The van der Waals surface area contributed by atoms with Crippen molar-refractivity contribution in [2.75, 3.05) is 17.7 Å². The monoisotopic (exact) mass is 288 g/mol. The van der Waals surface area contributed by atoms with E-state index in [1.807, 2.05) is 6.92 Å². The molecule has 5 heteroatoms. The zero-order chi connectivity index (χ0) is 11.7. The first-order chi connectivity index (χ1) is 7.58. The molecule has 1 aromatic carbocycles. The first-order valence-electron chi connectivity index (χ1n) is 5.20. The van der Waals surface area contributed by atoms with E-state index in [2.05, 4.69) is 21.2 Å². The molecule has 2 rings (SSSR count). The molecule has 1 heterocycles. The highest BCUT2D eigenvalue weighted by atomic mass is 79.9. The fourth-order valence-corrected chi connectivity index (χ4v) is 2.15. The maximum atomic E-state index is 13.2. The van der Waals surface area contributed by atoms with Gasteiger partial charge in [0.05, 0.1) is 28.0 Å². The van der Waals surface area contributed by atoms with Crippen LogP contribution in [0, 0.1) is 5.82 Å². The second kappa shape index (κ2) is 4.59. The SMILES string of the molecule is CC1OCCC1Nc1cc(Br)c(F)cc1N. The smallest absolute Gasteiger partial charge is 0.139 e. The average molecular weight is 289 g/mol.